The minimum atomic E-state index is -0.827. The Balaban J connectivity index is 1.61. The maximum absolute atomic E-state index is 12.5. The molecule has 44 heavy (non-hydrogen) atoms. The number of alkyl carbamates (subject to hydrolysis) is 1. The summed E-state index contributed by atoms with van der Waals surface area (Å²) in [5.41, 5.74) is -0.184. The fourth-order valence-electron chi connectivity index (χ4n) is 4.60. The van der Waals surface area contributed by atoms with Gasteiger partial charge >= 0.3 is 12.2 Å². The predicted molar refractivity (Wildman–Crippen MR) is 167 cm³/mol. The quantitative estimate of drug-likeness (QED) is 0.176. The first-order valence-corrected chi connectivity index (χ1v) is 15.5. The second-order valence-corrected chi connectivity index (χ2v) is 13.0. The number of hydrogen-bond donors (Lipinski definition) is 2. The van der Waals surface area contributed by atoms with E-state index >= 15 is 0 Å². The number of benzene rings is 1. The first-order valence-electron chi connectivity index (χ1n) is 15.5. The maximum atomic E-state index is 12.5. The van der Waals surface area contributed by atoms with E-state index in [0.717, 1.165) is 18.4 Å². The van der Waals surface area contributed by atoms with Crippen LogP contribution in [-0.2, 0) is 9.47 Å². The van der Waals surface area contributed by atoms with Gasteiger partial charge in [-0.15, -0.1) is 4.99 Å². The third kappa shape index (κ3) is 11.6. The van der Waals surface area contributed by atoms with E-state index < -0.39 is 23.4 Å². The van der Waals surface area contributed by atoms with Crippen LogP contribution in [0.15, 0.2) is 33.8 Å². The van der Waals surface area contributed by atoms with Gasteiger partial charge in [0, 0.05) is 30.8 Å². The van der Waals surface area contributed by atoms with Crippen molar-refractivity contribution in [2.24, 2.45) is 4.99 Å². The smallest absolute Gasteiger partial charge is 0.437 e. The van der Waals surface area contributed by atoms with E-state index in [9.17, 15) is 14.4 Å². The standard InChI is InChI=1S/C32H48N6O6/c1-8-9-10-11-12-13-19-33-26(39)23-16-14-22(15-17-23)25-34-27(44-37-25)24-18-20-38(21-24)28(35-29(40)42-31(2,3)4)36-30(41)43-32(5,6)7/h14-17,24H,8-13,18-21H2,1-7H3,(H,33,39)(H,35,36,40,41)/t24-/m1/s1. The molecule has 0 aliphatic carbocycles. The first kappa shape index (κ1) is 34.5. The number of hydrogen-bond acceptors (Lipinski definition) is 8. The number of nitrogens with zero attached hydrogens (tertiary/aromatic N) is 4. The molecule has 3 amide bonds. The van der Waals surface area contributed by atoms with Gasteiger partial charge in [-0.2, -0.15) is 4.98 Å². The zero-order chi connectivity index (χ0) is 32.3. The number of rotatable bonds is 10. The number of carbonyl (C=O) groups excluding carboxylic acids is 3. The summed E-state index contributed by atoms with van der Waals surface area (Å²) in [5, 5.41) is 9.72. The minimum absolute atomic E-state index is 0.0288. The van der Waals surface area contributed by atoms with Crippen LogP contribution in [0.25, 0.3) is 11.4 Å². The molecule has 12 heteroatoms. The van der Waals surface area contributed by atoms with Gasteiger partial charge in [0.15, 0.2) is 0 Å². The van der Waals surface area contributed by atoms with Crippen molar-refractivity contribution in [2.45, 2.75) is 111 Å². The van der Waals surface area contributed by atoms with Gasteiger partial charge in [0.05, 0.1) is 5.92 Å². The van der Waals surface area contributed by atoms with Crippen molar-refractivity contribution < 1.29 is 28.4 Å². The lowest BCUT2D eigenvalue weighted by molar-refractivity contribution is 0.0555. The third-order valence-electron chi connectivity index (χ3n) is 6.70. The van der Waals surface area contributed by atoms with E-state index in [1.807, 2.05) is 0 Å². The molecule has 2 heterocycles. The van der Waals surface area contributed by atoms with Crippen molar-refractivity contribution in [3.63, 3.8) is 0 Å². The minimum Gasteiger partial charge on any atom is -0.444 e. The second-order valence-electron chi connectivity index (χ2n) is 13.0. The number of amides is 3. The number of guanidine groups is 1. The summed E-state index contributed by atoms with van der Waals surface area (Å²) in [6, 6.07) is 7.10. The Labute approximate surface area is 260 Å². The van der Waals surface area contributed by atoms with Gasteiger partial charge in [0.1, 0.15) is 11.2 Å². The summed E-state index contributed by atoms with van der Waals surface area (Å²) < 4.78 is 16.3. The largest absolute Gasteiger partial charge is 0.444 e. The van der Waals surface area contributed by atoms with Crippen LogP contribution in [0.5, 0.6) is 0 Å². The number of carbonyl (C=O) groups is 3. The van der Waals surface area contributed by atoms with Crippen LogP contribution < -0.4 is 10.6 Å². The highest BCUT2D eigenvalue weighted by atomic mass is 16.6. The Morgan fingerprint density at radius 3 is 2.30 bits per heavy atom. The van der Waals surface area contributed by atoms with E-state index in [1.54, 1.807) is 70.7 Å². The molecule has 2 aromatic rings. The van der Waals surface area contributed by atoms with Crippen LogP contribution in [0, 0.1) is 0 Å². The molecule has 3 rings (SSSR count). The first-order chi connectivity index (χ1) is 20.7. The molecular weight excluding hydrogens is 564 g/mol. The van der Waals surface area contributed by atoms with Crippen molar-refractivity contribution in [1.82, 2.24) is 25.7 Å². The Morgan fingerprint density at radius 2 is 1.64 bits per heavy atom. The van der Waals surface area contributed by atoms with E-state index in [1.165, 1.54) is 25.7 Å². The number of aliphatic imine (C=N–C) groups is 1. The molecule has 2 N–H and O–H groups in total. The zero-order valence-corrected chi connectivity index (χ0v) is 27.2. The van der Waals surface area contributed by atoms with Crippen molar-refractivity contribution in [3.05, 3.63) is 35.7 Å². The summed E-state index contributed by atoms with van der Waals surface area (Å²) >= 11 is 0. The molecule has 1 saturated heterocycles. The summed E-state index contributed by atoms with van der Waals surface area (Å²) in [7, 11) is 0. The van der Waals surface area contributed by atoms with Crippen molar-refractivity contribution in [2.75, 3.05) is 19.6 Å². The molecule has 1 atom stereocenters. The molecule has 1 fully saturated rings. The molecule has 12 nitrogen and oxygen atoms in total. The molecular formula is C32H48N6O6. The SMILES string of the molecule is CCCCCCCCNC(=O)c1ccc(-c2noc([C@@H]3CCN(C(=NC(=O)OC(C)(C)C)NC(=O)OC(C)(C)C)C3)n2)cc1. The highest BCUT2D eigenvalue weighted by Crippen LogP contribution is 2.28. The number of ether oxygens (including phenoxy) is 2. The van der Waals surface area contributed by atoms with Crippen LogP contribution >= 0.6 is 0 Å². The predicted octanol–water partition coefficient (Wildman–Crippen LogP) is 6.43. The van der Waals surface area contributed by atoms with Crippen LogP contribution in [0.4, 0.5) is 9.59 Å². The van der Waals surface area contributed by atoms with Crippen LogP contribution in [-0.4, -0.2) is 69.9 Å². The Bertz CT molecular complexity index is 1280. The van der Waals surface area contributed by atoms with Gasteiger partial charge in [-0.25, -0.2) is 9.59 Å². The summed E-state index contributed by atoms with van der Waals surface area (Å²) in [4.78, 5) is 47.9. The van der Waals surface area contributed by atoms with E-state index in [4.69, 9.17) is 14.0 Å². The third-order valence-corrected chi connectivity index (χ3v) is 6.70. The van der Waals surface area contributed by atoms with Crippen molar-refractivity contribution >= 4 is 24.1 Å². The molecule has 1 aromatic carbocycles. The summed E-state index contributed by atoms with van der Waals surface area (Å²) in [5.74, 6) is 0.603. The van der Waals surface area contributed by atoms with Crippen molar-refractivity contribution in [3.8, 4) is 11.4 Å². The average molecular weight is 613 g/mol. The molecule has 0 saturated carbocycles. The van der Waals surface area contributed by atoms with Gasteiger partial charge in [0.2, 0.25) is 17.7 Å². The van der Waals surface area contributed by atoms with Crippen LogP contribution in [0.1, 0.15) is 116 Å². The molecule has 0 unspecified atom stereocenters. The van der Waals surface area contributed by atoms with Gasteiger partial charge in [-0.05, 0) is 66.5 Å². The summed E-state index contributed by atoms with van der Waals surface area (Å²) in [6.45, 7) is 14.2. The molecule has 1 aromatic heterocycles. The van der Waals surface area contributed by atoms with Gasteiger partial charge in [-0.3, -0.25) is 10.1 Å². The monoisotopic (exact) mass is 612 g/mol. The van der Waals surface area contributed by atoms with Crippen LogP contribution in [0.2, 0.25) is 0 Å². The fraction of sp³-hybridized carbons (Fsp3) is 0.625. The molecule has 242 valence electrons. The fourth-order valence-corrected chi connectivity index (χ4v) is 4.60. The van der Waals surface area contributed by atoms with Crippen LogP contribution in [0.3, 0.4) is 0 Å². The highest BCUT2D eigenvalue weighted by molar-refractivity contribution is 5.99. The lowest BCUT2D eigenvalue weighted by atomic mass is 10.1. The lowest BCUT2D eigenvalue weighted by Crippen LogP contribution is -2.45. The normalized spacial score (nSPS) is 15.7. The number of unbranched alkanes of at least 4 members (excludes halogenated alkanes) is 5. The van der Waals surface area contributed by atoms with E-state index in [-0.39, 0.29) is 17.8 Å². The summed E-state index contributed by atoms with van der Waals surface area (Å²) in [6.07, 6.45) is 6.10. The van der Waals surface area contributed by atoms with Crippen molar-refractivity contribution in [1.29, 1.82) is 0 Å². The molecule has 1 aliphatic heterocycles. The zero-order valence-electron chi connectivity index (χ0n) is 27.2. The number of likely N-dealkylation sites (tertiary alicyclic amines) is 1. The molecule has 0 radical (unpaired) electrons. The topological polar surface area (TPSA) is 148 Å². The Morgan fingerprint density at radius 1 is 0.977 bits per heavy atom. The molecule has 0 bridgehead atoms. The van der Waals surface area contributed by atoms with E-state index in [2.05, 4.69) is 32.7 Å². The average Bonchev–Trinajstić information content (AvgIpc) is 3.60. The second kappa shape index (κ2) is 15.7. The Hall–Kier alpha value is -3.96. The number of aromatic nitrogens is 2. The number of nitrogens with one attached hydrogen (secondary N) is 2. The van der Waals surface area contributed by atoms with E-state index in [0.29, 0.717) is 43.3 Å². The molecule has 0 spiro atoms. The van der Waals surface area contributed by atoms with Gasteiger partial charge in [-0.1, -0.05) is 56.3 Å². The highest BCUT2D eigenvalue weighted by Gasteiger charge is 2.32. The van der Waals surface area contributed by atoms with Gasteiger partial charge in [0.25, 0.3) is 5.91 Å². The van der Waals surface area contributed by atoms with Gasteiger partial charge < -0.3 is 24.2 Å². The molecule has 1 aliphatic rings. The lowest BCUT2D eigenvalue weighted by Gasteiger charge is -2.24. The maximum Gasteiger partial charge on any atom is 0.437 e. The Kier molecular flexibility index (Phi) is 12.3.